The largest absolute Gasteiger partial charge is 0.508 e. The average Bonchev–Trinajstić information content (AvgIpc) is 2.67. The second-order valence-electron chi connectivity index (χ2n) is 7.65. The summed E-state index contributed by atoms with van der Waals surface area (Å²) in [6, 6.07) is 14.4. The van der Waals surface area contributed by atoms with Crippen molar-refractivity contribution in [3.05, 3.63) is 65.2 Å². The van der Waals surface area contributed by atoms with Crippen LogP contribution < -0.4 is 0 Å². The number of hydrogen-bond donors (Lipinski definition) is 1. The van der Waals surface area contributed by atoms with Crippen LogP contribution in [-0.2, 0) is 9.53 Å². The maximum Gasteiger partial charge on any atom is 0.338 e. The summed E-state index contributed by atoms with van der Waals surface area (Å²) in [5.41, 5.74) is 1.81. The summed E-state index contributed by atoms with van der Waals surface area (Å²) in [6.45, 7) is 10.00. The van der Waals surface area contributed by atoms with E-state index in [9.17, 15) is 14.7 Å². The van der Waals surface area contributed by atoms with E-state index in [0.717, 1.165) is 5.56 Å². The number of carbonyl (C=O) groups excluding carboxylic acids is 2. The third-order valence-corrected chi connectivity index (χ3v) is 4.90. The fourth-order valence-corrected chi connectivity index (χ4v) is 3.72. The third kappa shape index (κ3) is 5.59. The normalized spacial score (nSPS) is 12.1. The average molecular weight is 398 g/mol. The van der Waals surface area contributed by atoms with Crippen molar-refractivity contribution in [2.24, 2.45) is 0 Å². The molecule has 0 aliphatic carbocycles. The number of benzene rings is 2. The summed E-state index contributed by atoms with van der Waals surface area (Å²) in [5.74, 6) is -0.763. The predicted octanol–water partition coefficient (Wildman–Crippen LogP) is 4.74. The van der Waals surface area contributed by atoms with Crippen molar-refractivity contribution in [1.82, 2.24) is 4.90 Å². The number of phenolic OH excluding ortho intramolecular Hbond substituents is 1. The number of esters is 1. The van der Waals surface area contributed by atoms with Crippen molar-refractivity contribution in [3.63, 3.8) is 0 Å². The summed E-state index contributed by atoms with van der Waals surface area (Å²) >= 11 is 0. The van der Waals surface area contributed by atoms with E-state index in [2.05, 4.69) is 0 Å². The minimum Gasteiger partial charge on any atom is -0.508 e. The molecule has 0 fully saturated rings. The Bertz CT molecular complexity index is 822. The van der Waals surface area contributed by atoms with Crippen LogP contribution in [0, 0.1) is 0 Å². The monoisotopic (exact) mass is 397 g/mol. The predicted molar refractivity (Wildman–Crippen MR) is 114 cm³/mol. The molecule has 0 aliphatic rings. The Kier molecular flexibility index (Phi) is 7.82. The highest BCUT2D eigenvalue weighted by molar-refractivity contribution is 5.90. The van der Waals surface area contributed by atoms with Crippen LogP contribution in [0.4, 0.5) is 0 Å². The molecule has 0 bridgehead atoms. The SMILES string of the molecule is CCOC(=O)c1ccc(O)c(C(CC(=O)N(C(C)C)C(C)C)c2ccccc2)c1. The van der Waals surface area contributed by atoms with Gasteiger partial charge in [0.25, 0.3) is 0 Å². The van der Waals surface area contributed by atoms with Gasteiger partial charge in [0.1, 0.15) is 5.75 Å². The molecular formula is C24H31NO4. The Morgan fingerprint density at radius 3 is 2.17 bits per heavy atom. The van der Waals surface area contributed by atoms with Gasteiger partial charge >= 0.3 is 5.97 Å². The molecule has 0 spiro atoms. The van der Waals surface area contributed by atoms with Crippen LogP contribution in [0.1, 0.15) is 68.4 Å². The molecule has 0 radical (unpaired) electrons. The summed E-state index contributed by atoms with van der Waals surface area (Å²) in [7, 11) is 0. The lowest BCUT2D eigenvalue weighted by Crippen LogP contribution is -2.42. The van der Waals surface area contributed by atoms with Crippen LogP contribution in [0.2, 0.25) is 0 Å². The second kappa shape index (κ2) is 10.1. The zero-order valence-electron chi connectivity index (χ0n) is 17.9. The van der Waals surface area contributed by atoms with E-state index in [1.54, 1.807) is 13.0 Å². The molecule has 5 heteroatoms. The standard InChI is InChI=1S/C24H31NO4/c1-6-29-24(28)19-12-13-22(26)21(14-19)20(18-10-8-7-9-11-18)15-23(27)25(16(2)3)17(4)5/h7-14,16-17,20,26H,6,15H2,1-5H3. The first-order valence-corrected chi connectivity index (χ1v) is 10.1. The van der Waals surface area contributed by atoms with E-state index in [-0.39, 0.29) is 42.7 Å². The van der Waals surface area contributed by atoms with Crippen LogP contribution in [0.5, 0.6) is 5.75 Å². The fraction of sp³-hybridized carbons (Fsp3) is 0.417. The van der Waals surface area contributed by atoms with Gasteiger partial charge < -0.3 is 14.7 Å². The number of aromatic hydroxyl groups is 1. The minimum absolute atomic E-state index is 0.00444. The highest BCUT2D eigenvalue weighted by Gasteiger charge is 2.27. The Hall–Kier alpha value is -2.82. The molecule has 29 heavy (non-hydrogen) atoms. The first kappa shape index (κ1) is 22.5. The number of amides is 1. The maximum atomic E-state index is 13.2. The third-order valence-electron chi connectivity index (χ3n) is 4.90. The Balaban J connectivity index is 2.49. The van der Waals surface area contributed by atoms with Gasteiger partial charge in [0.05, 0.1) is 12.2 Å². The van der Waals surface area contributed by atoms with E-state index in [4.69, 9.17) is 4.74 Å². The van der Waals surface area contributed by atoms with Gasteiger partial charge in [-0.2, -0.15) is 0 Å². The van der Waals surface area contributed by atoms with Crippen LogP contribution in [-0.4, -0.2) is 40.6 Å². The molecule has 1 atom stereocenters. The number of ether oxygens (including phenoxy) is 1. The lowest BCUT2D eigenvalue weighted by atomic mass is 9.86. The van der Waals surface area contributed by atoms with Crippen molar-refractivity contribution in [1.29, 1.82) is 0 Å². The zero-order chi connectivity index (χ0) is 21.6. The molecule has 2 rings (SSSR count). The molecule has 156 valence electrons. The van der Waals surface area contributed by atoms with Crippen LogP contribution in [0.15, 0.2) is 48.5 Å². The molecule has 0 aliphatic heterocycles. The molecule has 5 nitrogen and oxygen atoms in total. The van der Waals surface area contributed by atoms with Gasteiger partial charge in [-0.05, 0) is 58.4 Å². The zero-order valence-corrected chi connectivity index (χ0v) is 17.9. The fourth-order valence-electron chi connectivity index (χ4n) is 3.72. The first-order chi connectivity index (χ1) is 13.8. The smallest absolute Gasteiger partial charge is 0.338 e. The Morgan fingerprint density at radius 2 is 1.62 bits per heavy atom. The number of phenols is 1. The summed E-state index contributed by atoms with van der Waals surface area (Å²) < 4.78 is 5.09. The van der Waals surface area contributed by atoms with Crippen molar-refractivity contribution in [2.75, 3.05) is 6.61 Å². The second-order valence-corrected chi connectivity index (χ2v) is 7.65. The molecule has 1 unspecified atom stereocenters. The molecular weight excluding hydrogens is 366 g/mol. The molecule has 0 saturated heterocycles. The number of nitrogens with zero attached hydrogens (tertiary/aromatic N) is 1. The van der Waals surface area contributed by atoms with E-state index in [1.165, 1.54) is 12.1 Å². The minimum atomic E-state index is -0.446. The van der Waals surface area contributed by atoms with Crippen molar-refractivity contribution in [3.8, 4) is 5.75 Å². The number of rotatable bonds is 8. The van der Waals surface area contributed by atoms with Crippen LogP contribution >= 0.6 is 0 Å². The van der Waals surface area contributed by atoms with Crippen molar-refractivity contribution < 1.29 is 19.4 Å². The Morgan fingerprint density at radius 1 is 1.00 bits per heavy atom. The topological polar surface area (TPSA) is 66.8 Å². The van der Waals surface area contributed by atoms with Gasteiger partial charge in [-0.25, -0.2) is 4.79 Å². The maximum absolute atomic E-state index is 13.2. The lowest BCUT2D eigenvalue weighted by Gasteiger charge is -2.32. The van der Waals surface area contributed by atoms with E-state index >= 15 is 0 Å². The van der Waals surface area contributed by atoms with E-state index in [0.29, 0.717) is 11.1 Å². The quantitative estimate of drug-likeness (QED) is 0.654. The van der Waals surface area contributed by atoms with Gasteiger partial charge in [0.15, 0.2) is 0 Å². The van der Waals surface area contributed by atoms with Crippen molar-refractivity contribution >= 4 is 11.9 Å². The van der Waals surface area contributed by atoms with E-state index < -0.39 is 5.97 Å². The van der Waals surface area contributed by atoms with Crippen LogP contribution in [0.3, 0.4) is 0 Å². The van der Waals surface area contributed by atoms with Gasteiger partial charge in [-0.3, -0.25) is 4.79 Å². The molecule has 0 aromatic heterocycles. The molecule has 0 heterocycles. The van der Waals surface area contributed by atoms with Gasteiger partial charge in [-0.1, -0.05) is 30.3 Å². The molecule has 2 aromatic carbocycles. The molecule has 1 amide bonds. The highest BCUT2D eigenvalue weighted by Crippen LogP contribution is 2.35. The molecule has 0 saturated carbocycles. The van der Waals surface area contributed by atoms with Gasteiger partial charge in [-0.15, -0.1) is 0 Å². The summed E-state index contributed by atoms with van der Waals surface area (Å²) in [6.07, 6.45) is 0.195. The van der Waals surface area contributed by atoms with Crippen LogP contribution in [0.25, 0.3) is 0 Å². The molecule has 1 N–H and O–H groups in total. The van der Waals surface area contributed by atoms with E-state index in [1.807, 2.05) is 62.9 Å². The van der Waals surface area contributed by atoms with Gasteiger partial charge in [0.2, 0.25) is 5.91 Å². The highest BCUT2D eigenvalue weighted by atomic mass is 16.5. The Labute approximate surface area is 173 Å². The van der Waals surface area contributed by atoms with Gasteiger partial charge in [0, 0.05) is 30.0 Å². The summed E-state index contributed by atoms with van der Waals surface area (Å²) in [5, 5.41) is 10.6. The first-order valence-electron chi connectivity index (χ1n) is 10.1. The number of carbonyl (C=O) groups is 2. The lowest BCUT2D eigenvalue weighted by molar-refractivity contribution is -0.135. The molecule has 2 aromatic rings. The van der Waals surface area contributed by atoms with Crippen molar-refractivity contribution in [2.45, 2.75) is 59.0 Å². The number of hydrogen-bond acceptors (Lipinski definition) is 4. The summed E-state index contributed by atoms with van der Waals surface area (Å²) in [4.78, 5) is 27.2.